The van der Waals surface area contributed by atoms with Crippen LogP contribution in [-0.4, -0.2) is 29.6 Å². The number of nitrogens with zero attached hydrogens (tertiary/aromatic N) is 1. The summed E-state index contributed by atoms with van der Waals surface area (Å²) in [5.41, 5.74) is 2.57. The average Bonchev–Trinajstić information content (AvgIpc) is 3.11. The summed E-state index contributed by atoms with van der Waals surface area (Å²) in [6, 6.07) is 9.82. The lowest BCUT2D eigenvalue weighted by atomic mass is 9.96. The van der Waals surface area contributed by atoms with Gasteiger partial charge < -0.3 is 15.0 Å². The van der Waals surface area contributed by atoms with E-state index >= 15 is 0 Å². The third-order valence-electron chi connectivity index (χ3n) is 4.49. The van der Waals surface area contributed by atoms with Gasteiger partial charge in [0.15, 0.2) is 5.11 Å². The molecule has 2 heterocycles. The highest BCUT2D eigenvalue weighted by Gasteiger charge is 2.29. The van der Waals surface area contributed by atoms with Gasteiger partial charge in [-0.25, -0.2) is 4.79 Å². The zero-order chi connectivity index (χ0) is 17.8. The number of carbonyl (C=O) groups excluding carboxylic acids is 1. The minimum absolute atomic E-state index is 0.297. The fourth-order valence-corrected chi connectivity index (χ4v) is 4.55. The number of thiocarbonyl (C=S) groups is 1. The molecule has 25 heavy (non-hydrogen) atoms. The van der Waals surface area contributed by atoms with E-state index in [-0.39, 0.29) is 5.97 Å². The molecule has 4 nitrogen and oxygen atoms in total. The minimum Gasteiger partial charge on any atom is -0.465 e. The Kier molecular flexibility index (Phi) is 5.71. The molecule has 0 saturated heterocycles. The van der Waals surface area contributed by atoms with Crippen molar-refractivity contribution in [3.63, 3.8) is 0 Å². The van der Waals surface area contributed by atoms with Crippen LogP contribution in [0.3, 0.4) is 0 Å². The lowest BCUT2D eigenvalue weighted by Crippen LogP contribution is -2.42. The number of ether oxygens (including phenoxy) is 1. The van der Waals surface area contributed by atoms with Crippen molar-refractivity contribution in [3.8, 4) is 0 Å². The van der Waals surface area contributed by atoms with E-state index in [1.165, 1.54) is 17.6 Å². The molecule has 6 heteroatoms. The van der Waals surface area contributed by atoms with Crippen molar-refractivity contribution < 1.29 is 9.53 Å². The number of para-hydroxylation sites is 1. The fourth-order valence-electron chi connectivity index (χ4n) is 3.29. The lowest BCUT2D eigenvalue weighted by Gasteiger charge is -2.38. The highest BCUT2D eigenvalue weighted by Crippen LogP contribution is 2.36. The average molecular weight is 375 g/mol. The van der Waals surface area contributed by atoms with E-state index < -0.39 is 0 Å². The van der Waals surface area contributed by atoms with Crippen LogP contribution in [0.25, 0.3) is 0 Å². The maximum absolute atomic E-state index is 12.0. The smallest absolute Gasteiger partial charge is 0.339 e. The van der Waals surface area contributed by atoms with E-state index in [4.69, 9.17) is 17.0 Å². The first kappa shape index (κ1) is 17.9. The van der Waals surface area contributed by atoms with Gasteiger partial charge in [-0.2, -0.15) is 0 Å². The van der Waals surface area contributed by atoms with Gasteiger partial charge in [-0.1, -0.05) is 25.5 Å². The van der Waals surface area contributed by atoms with E-state index in [1.54, 1.807) is 6.07 Å². The number of carbonyl (C=O) groups is 1. The number of methoxy groups -OCH3 is 1. The van der Waals surface area contributed by atoms with E-state index in [1.807, 2.05) is 29.5 Å². The molecule has 1 aromatic carbocycles. The number of fused-ring (bicyclic) bond motifs is 1. The van der Waals surface area contributed by atoms with Crippen molar-refractivity contribution in [2.45, 2.75) is 32.2 Å². The Morgan fingerprint density at radius 1 is 1.40 bits per heavy atom. The van der Waals surface area contributed by atoms with E-state index in [9.17, 15) is 4.79 Å². The third kappa shape index (κ3) is 3.70. The van der Waals surface area contributed by atoms with E-state index in [0.717, 1.165) is 25.8 Å². The summed E-state index contributed by atoms with van der Waals surface area (Å²) in [7, 11) is 1.39. The fraction of sp³-hybridized carbons (Fsp3) is 0.368. The molecule has 1 atom stereocenters. The molecule has 0 fully saturated rings. The van der Waals surface area contributed by atoms with Crippen LogP contribution in [0.15, 0.2) is 35.7 Å². The molecule has 1 N–H and O–H groups in total. The predicted molar refractivity (Wildman–Crippen MR) is 106 cm³/mol. The van der Waals surface area contributed by atoms with Crippen LogP contribution >= 0.6 is 23.6 Å². The summed E-state index contributed by atoms with van der Waals surface area (Å²) in [6.45, 7) is 3.09. The van der Waals surface area contributed by atoms with Crippen molar-refractivity contribution in [1.82, 2.24) is 4.90 Å². The Balaban J connectivity index is 1.83. The molecular formula is C19H22N2O2S2. The molecule has 0 bridgehead atoms. The molecule has 0 spiro atoms. The summed E-state index contributed by atoms with van der Waals surface area (Å²) >= 11 is 7.53. The first-order valence-electron chi connectivity index (χ1n) is 8.47. The quantitative estimate of drug-likeness (QED) is 0.624. The number of esters is 1. The van der Waals surface area contributed by atoms with Gasteiger partial charge in [-0.05, 0) is 54.2 Å². The Morgan fingerprint density at radius 2 is 2.20 bits per heavy atom. The van der Waals surface area contributed by atoms with Gasteiger partial charge in [-0.3, -0.25) is 0 Å². The molecule has 1 aliphatic heterocycles. The Hall–Kier alpha value is -1.92. The summed E-state index contributed by atoms with van der Waals surface area (Å²) < 4.78 is 4.87. The van der Waals surface area contributed by atoms with Crippen LogP contribution in [0.5, 0.6) is 0 Å². The summed E-state index contributed by atoms with van der Waals surface area (Å²) in [4.78, 5) is 15.7. The summed E-state index contributed by atoms with van der Waals surface area (Å²) in [5, 5.41) is 6.09. The highest BCUT2D eigenvalue weighted by molar-refractivity contribution is 7.80. The Labute approximate surface area is 157 Å². The summed E-state index contributed by atoms with van der Waals surface area (Å²) in [5.74, 6) is -0.366. The zero-order valence-corrected chi connectivity index (χ0v) is 16.1. The number of hydrogen-bond acceptors (Lipinski definition) is 4. The molecule has 132 valence electrons. The van der Waals surface area contributed by atoms with Crippen LogP contribution in [0.4, 0.5) is 5.69 Å². The Bertz CT molecular complexity index is 772. The molecule has 0 aliphatic carbocycles. The molecule has 0 amide bonds. The molecule has 0 radical (unpaired) electrons. The second-order valence-electron chi connectivity index (χ2n) is 6.01. The SMILES string of the molecule is CCCC1c2ccsc2CCN1C(=S)Nc1ccccc1C(=O)OC. The Morgan fingerprint density at radius 3 is 2.96 bits per heavy atom. The second kappa shape index (κ2) is 7.97. The first-order valence-corrected chi connectivity index (χ1v) is 9.75. The van der Waals surface area contributed by atoms with Gasteiger partial charge in [0.2, 0.25) is 0 Å². The van der Waals surface area contributed by atoms with Crippen molar-refractivity contribution in [2.75, 3.05) is 19.0 Å². The second-order valence-corrected chi connectivity index (χ2v) is 7.40. The maximum Gasteiger partial charge on any atom is 0.339 e. The monoisotopic (exact) mass is 374 g/mol. The number of rotatable bonds is 4. The number of thiophene rings is 1. The first-order chi connectivity index (χ1) is 12.2. The van der Waals surface area contributed by atoms with Crippen molar-refractivity contribution in [3.05, 3.63) is 51.7 Å². The number of benzene rings is 1. The van der Waals surface area contributed by atoms with Crippen LogP contribution in [-0.2, 0) is 11.2 Å². The van der Waals surface area contributed by atoms with E-state index in [2.05, 4.69) is 28.6 Å². The van der Waals surface area contributed by atoms with Crippen molar-refractivity contribution >= 4 is 40.3 Å². The number of nitrogens with one attached hydrogen (secondary N) is 1. The van der Waals surface area contributed by atoms with Gasteiger partial charge in [0.1, 0.15) is 0 Å². The molecule has 3 rings (SSSR count). The third-order valence-corrected chi connectivity index (χ3v) is 5.82. The summed E-state index contributed by atoms with van der Waals surface area (Å²) in [6.07, 6.45) is 3.16. The zero-order valence-electron chi connectivity index (χ0n) is 14.5. The van der Waals surface area contributed by atoms with Crippen molar-refractivity contribution in [2.24, 2.45) is 0 Å². The molecule has 1 aliphatic rings. The standard InChI is InChI=1S/C19H22N2O2S2/c1-3-6-16-14-10-12-25-17(14)9-11-21(16)19(24)20-15-8-5-4-7-13(15)18(22)23-2/h4-5,7-8,10,12,16H,3,6,9,11H2,1-2H3,(H,20,24). The minimum atomic E-state index is -0.366. The van der Waals surface area contributed by atoms with Crippen LogP contribution in [0.1, 0.15) is 46.6 Å². The normalized spacial score (nSPS) is 16.2. The van der Waals surface area contributed by atoms with Crippen LogP contribution in [0, 0.1) is 0 Å². The van der Waals surface area contributed by atoms with Gasteiger partial charge in [0, 0.05) is 11.4 Å². The van der Waals surface area contributed by atoms with Gasteiger partial charge in [0.25, 0.3) is 0 Å². The highest BCUT2D eigenvalue weighted by atomic mass is 32.1. The van der Waals surface area contributed by atoms with Gasteiger partial charge in [0.05, 0.1) is 24.4 Å². The van der Waals surface area contributed by atoms with Gasteiger partial charge >= 0.3 is 5.97 Å². The molecule has 1 aromatic heterocycles. The van der Waals surface area contributed by atoms with Crippen LogP contribution in [0.2, 0.25) is 0 Å². The van der Waals surface area contributed by atoms with Gasteiger partial charge in [-0.15, -0.1) is 11.3 Å². The molecule has 0 saturated carbocycles. The largest absolute Gasteiger partial charge is 0.465 e. The van der Waals surface area contributed by atoms with E-state index in [0.29, 0.717) is 22.4 Å². The molecular weight excluding hydrogens is 352 g/mol. The topological polar surface area (TPSA) is 41.6 Å². The maximum atomic E-state index is 12.0. The number of hydrogen-bond donors (Lipinski definition) is 1. The lowest BCUT2D eigenvalue weighted by molar-refractivity contribution is 0.0602. The predicted octanol–water partition coefficient (Wildman–Crippen LogP) is 4.63. The van der Waals surface area contributed by atoms with Crippen LogP contribution < -0.4 is 5.32 Å². The van der Waals surface area contributed by atoms with Crippen molar-refractivity contribution in [1.29, 1.82) is 0 Å². The molecule has 1 unspecified atom stereocenters. The molecule has 2 aromatic rings. The number of anilines is 1.